The van der Waals surface area contributed by atoms with Crippen molar-refractivity contribution in [1.29, 1.82) is 0 Å². The fourth-order valence-corrected chi connectivity index (χ4v) is 5.59. The molecule has 7 heteroatoms. The summed E-state index contributed by atoms with van der Waals surface area (Å²) in [6.07, 6.45) is 3.58. The van der Waals surface area contributed by atoms with Crippen LogP contribution in [-0.4, -0.2) is 44.9 Å². The molecular formula is C32H39NO6. The molecule has 0 spiro atoms. The molecule has 208 valence electrons. The molecule has 1 aliphatic heterocycles. The SMILES string of the molecule is CCCCOc1ccccc1[C@@H]1C(C(=O)OCCC)=C(C)N=C2C[C@@H](c3ccc(OC)c(OC)c3)CC(=O)C21. The summed E-state index contributed by atoms with van der Waals surface area (Å²) in [7, 11) is 3.21. The first-order valence-corrected chi connectivity index (χ1v) is 13.8. The van der Waals surface area contributed by atoms with Crippen LogP contribution in [0.25, 0.3) is 0 Å². The Morgan fingerprint density at radius 2 is 1.69 bits per heavy atom. The summed E-state index contributed by atoms with van der Waals surface area (Å²) in [6, 6.07) is 13.5. The average Bonchev–Trinajstić information content (AvgIpc) is 2.95. The highest BCUT2D eigenvalue weighted by molar-refractivity contribution is 6.12. The number of rotatable bonds is 11. The van der Waals surface area contributed by atoms with Crippen LogP contribution in [0.15, 0.2) is 58.7 Å². The Hall–Kier alpha value is -3.61. The Morgan fingerprint density at radius 1 is 0.923 bits per heavy atom. The number of unbranched alkanes of at least 4 members (excludes halogenated alkanes) is 1. The number of carbonyl (C=O) groups is 2. The van der Waals surface area contributed by atoms with Gasteiger partial charge in [0.05, 0.1) is 38.9 Å². The number of hydrogen-bond donors (Lipinski definition) is 0. The minimum absolute atomic E-state index is 0.0506. The Bertz CT molecular complexity index is 1260. The van der Waals surface area contributed by atoms with E-state index in [9.17, 15) is 9.59 Å². The number of carbonyl (C=O) groups excluding carboxylic acids is 2. The molecule has 1 aliphatic carbocycles. The van der Waals surface area contributed by atoms with E-state index in [0.29, 0.717) is 61.0 Å². The van der Waals surface area contributed by atoms with Crippen LogP contribution in [0.3, 0.4) is 0 Å². The third-order valence-electron chi connectivity index (χ3n) is 7.50. The van der Waals surface area contributed by atoms with E-state index in [1.807, 2.05) is 56.3 Å². The van der Waals surface area contributed by atoms with Crippen LogP contribution in [-0.2, 0) is 14.3 Å². The zero-order chi connectivity index (χ0) is 27.9. The van der Waals surface area contributed by atoms with Gasteiger partial charge >= 0.3 is 5.97 Å². The topological polar surface area (TPSA) is 83.4 Å². The van der Waals surface area contributed by atoms with Crippen molar-refractivity contribution in [3.05, 3.63) is 64.9 Å². The number of benzene rings is 2. The summed E-state index contributed by atoms with van der Waals surface area (Å²) >= 11 is 0. The van der Waals surface area contributed by atoms with Crippen LogP contribution in [0, 0.1) is 5.92 Å². The summed E-state index contributed by atoms with van der Waals surface area (Å²) in [5, 5.41) is 0. The predicted octanol–water partition coefficient (Wildman–Crippen LogP) is 6.41. The molecule has 1 saturated carbocycles. The molecule has 4 rings (SSSR count). The maximum absolute atomic E-state index is 14.0. The Morgan fingerprint density at radius 3 is 2.41 bits per heavy atom. The van der Waals surface area contributed by atoms with Crippen molar-refractivity contribution in [2.75, 3.05) is 27.4 Å². The van der Waals surface area contributed by atoms with E-state index >= 15 is 0 Å². The van der Waals surface area contributed by atoms with E-state index in [1.54, 1.807) is 14.2 Å². The third kappa shape index (κ3) is 6.02. The average molecular weight is 534 g/mol. The highest BCUT2D eigenvalue weighted by Gasteiger charge is 2.47. The Labute approximate surface area is 231 Å². The second-order valence-electron chi connectivity index (χ2n) is 10.1. The normalized spacial score (nSPS) is 20.7. The van der Waals surface area contributed by atoms with Crippen molar-refractivity contribution >= 4 is 17.5 Å². The predicted molar refractivity (Wildman–Crippen MR) is 151 cm³/mol. The monoisotopic (exact) mass is 533 g/mol. The smallest absolute Gasteiger partial charge is 0.336 e. The molecule has 0 radical (unpaired) electrons. The number of methoxy groups -OCH3 is 2. The summed E-state index contributed by atoms with van der Waals surface area (Å²) in [5.41, 5.74) is 3.66. The summed E-state index contributed by atoms with van der Waals surface area (Å²) in [4.78, 5) is 32.3. The van der Waals surface area contributed by atoms with Gasteiger partial charge in [0.2, 0.25) is 0 Å². The van der Waals surface area contributed by atoms with Gasteiger partial charge in [0.15, 0.2) is 11.5 Å². The first-order valence-electron chi connectivity index (χ1n) is 13.8. The lowest BCUT2D eigenvalue weighted by Gasteiger charge is -2.38. The zero-order valence-electron chi connectivity index (χ0n) is 23.6. The third-order valence-corrected chi connectivity index (χ3v) is 7.50. The Kier molecular flexibility index (Phi) is 9.44. The lowest BCUT2D eigenvalue weighted by atomic mass is 9.66. The minimum Gasteiger partial charge on any atom is -0.493 e. The van der Waals surface area contributed by atoms with Crippen LogP contribution >= 0.6 is 0 Å². The fourth-order valence-electron chi connectivity index (χ4n) is 5.59. The van der Waals surface area contributed by atoms with Gasteiger partial charge in [-0.25, -0.2) is 4.79 Å². The van der Waals surface area contributed by atoms with Crippen molar-refractivity contribution in [2.24, 2.45) is 10.9 Å². The highest BCUT2D eigenvalue weighted by atomic mass is 16.5. The van der Waals surface area contributed by atoms with E-state index in [4.69, 9.17) is 23.9 Å². The lowest BCUT2D eigenvalue weighted by molar-refractivity contribution is -0.139. The van der Waals surface area contributed by atoms with Gasteiger partial charge in [-0.1, -0.05) is 44.5 Å². The number of allylic oxidation sites excluding steroid dienone is 1. The Balaban J connectivity index is 1.76. The molecule has 7 nitrogen and oxygen atoms in total. The van der Waals surface area contributed by atoms with Gasteiger partial charge in [0, 0.05) is 29.3 Å². The second kappa shape index (κ2) is 13.0. The van der Waals surface area contributed by atoms with E-state index in [0.717, 1.165) is 29.7 Å². The summed E-state index contributed by atoms with van der Waals surface area (Å²) < 4.78 is 22.7. The standard InChI is InChI=1S/C32H39NO6/c1-6-8-16-38-26-12-10-9-11-23(26)30-29(32(35)39-15-7-2)20(3)33-24-17-22(18-25(34)31(24)30)21-13-14-27(36-4)28(19-21)37-5/h9-14,19,22,30-31H,6-8,15-18H2,1-5H3/t22-,30-,31?/m1/s1. The van der Waals surface area contributed by atoms with Crippen LogP contribution in [0.2, 0.25) is 0 Å². The van der Waals surface area contributed by atoms with E-state index in [2.05, 4.69) is 6.92 Å². The fraction of sp³-hybridized carbons (Fsp3) is 0.469. The number of fused-ring (bicyclic) bond motifs is 1. The highest BCUT2D eigenvalue weighted by Crippen LogP contribution is 2.48. The first-order chi connectivity index (χ1) is 18.9. The van der Waals surface area contributed by atoms with Crippen LogP contribution in [0.4, 0.5) is 0 Å². The van der Waals surface area contributed by atoms with Crippen molar-refractivity contribution in [2.45, 2.75) is 64.7 Å². The molecule has 2 aromatic rings. The summed E-state index contributed by atoms with van der Waals surface area (Å²) in [6.45, 7) is 6.79. The van der Waals surface area contributed by atoms with Crippen molar-refractivity contribution in [3.8, 4) is 17.2 Å². The molecular weight excluding hydrogens is 494 g/mol. The molecule has 0 saturated heterocycles. The van der Waals surface area contributed by atoms with Crippen LogP contribution in [0.5, 0.6) is 17.2 Å². The number of para-hydroxylation sites is 1. The lowest BCUT2D eigenvalue weighted by Crippen LogP contribution is -2.41. The molecule has 1 unspecified atom stereocenters. The minimum atomic E-state index is -0.551. The number of ketones is 1. The molecule has 2 aliphatic rings. The molecule has 39 heavy (non-hydrogen) atoms. The second-order valence-corrected chi connectivity index (χ2v) is 10.1. The van der Waals surface area contributed by atoms with Crippen LogP contribution < -0.4 is 14.2 Å². The quantitative estimate of drug-likeness (QED) is 0.245. The molecule has 0 aromatic heterocycles. The largest absolute Gasteiger partial charge is 0.493 e. The van der Waals surface area contributed by atoms with Gasteiger partial charge in [0.25, 0.3) is 0 Å². The molecule has 0 amide bonds. The van der Waals surface area contributed by atoms with Gasteiger partial charge in [0.1, 0.15) is 11.5 Å². The maximum atomic E-state index is 14.0. The number of esters is 1. The van der Waals surface area contributed by atoms with Gasteiger partial charge in [-0.3, -0.25) is 9.79 Å². The van der Waals surface area contributed by atoms with E-state index in [-0.39, 0.29) is 11.7 Å². The number of ether oxygens (including phenoxy) is 4. The number of aliphatic imine (C=N–C) groups is 1. The van der Waals surface area contributed by atoms with Crippen molar-refractivity contribution in [1.82, 2.24) is 0 Å². The molecule has 3 atom stereocenters. The van der Waals surface area contributed by atoms with Crippen molar-refractivity contribution in [3.63, 3.8) is 0 Å². The molecule has 0 N–H and O–H groups in total. The van der Waals surface area contributed by atoms with Crippen molar-refractivity contribution < 1.29 is 28.5 Å². The van der Waals surface area contributed by atoms with E-state index < -0.39 is 17.8 Å². The molecule has 0 bridgehead atoms. The van der Waals surface area contributed by atoms with Gasteiger partial charge in [-0.15, -0.1) is 0 Å². The summed E-state index contributed by atoms with van der Waals surface area (Å²) in [5.74, 6) is 0.491. The van der Waals surface area contributed by atoms with Gasteiger partial charge < -0.3 is 18.9 Å². The van der Waals surface area contributed by atoms with E-state index in [1.165, 1.54) is 0 Å². The molecule has 1 heterocycles. The molecule has 2 aromatic carbocycles. The van der Waals surface area contributed by atoms with Gasteiger partial charge in [-0.2, -0.15) is 0 Å². The zero-order valence-corrected chi connectivity index (χ0v) is 23.6. The number of nitrogens with zero attached hydrogens (tertiary/aromatic N) is 1. The van der Waals surface area contributed by atoms with Crippen LogP contribution in [0.1, 0.15) is 75.8 Å². The molecule has 1 fully saturated rings. The number of Topliss-reactive ketones (excluding diaryl/α,β-unsaturated/α-hetero) is 1. The first kappa shape index (κ1) is 28.4. The van der Waals surface area contributed by atoms with Gasteiger partial charge in [-0.05, 0) is 55.9 Å². The maximum Gasteiger partial charge on any atom is 0.336 e. The number of hydrogen-bond acceptors (Lipinski definition) is 7.